The second-order valence-electron chi connectivity index (χ2n) is 23.2. The SMILES string of the molecule is CC(=O)O[C@@H]1C[C@@H](C(=O)N[C@@H](C)c2ccc(C3=C(C)C=CC3)cc2)N(C(=O)[C@H](C(C)C)C2Cc3cc(OCCN4CCN(c5ccc(C(=O)NC6C(C)(C)C(Oc7ccc(C#N)c(Cl)c7)C6(C)C)cn5)CC4)ccc3C2=O)C1. The van der Waals surface area contributed by atoms with Gasteiger partial charge in [0.25, 0.3) is 5.91 Å². The van der Waals surface area contributed by atoms with Gasteiger partial charge in [-0.1, -0.05) is 89.6 Å². The number of Topliss-reactive ketones (excluding diaryl/α,β-unsaturated/α-hetero) is 1. The Morgan fingerprint density at radius 2 is 1.64 bits per heavy atom. The number of ether oxygens (including phenoxy) is 3. The number of rotatable bonds is 17. The fraction of sp³-hybridized carbons (Fsp3) is 0.468. The minimum Gasteiger partial charge on any atom is -0.492 e. The van der Waals surface area contributed by atoms with Crippen molar-refractivity contribution in [1.82, 2.24) is 25.4 Å². The molecule has 3 amide bonds. The van der Waals surface area contributed by atoms with E-state index in [2.05, 4.69) is 85.4 Å². The molecule has 1 saturated carbocycles. The Balaban J connectivity index is 0.750. The summed E-state index contributed by atoms with van der Waals surface area (Å²) in [4.78, 5) is 79.6. The number of nitrogens with one attached hydrogen (secondary N) is 2. The molecule has 1 unspecified atom stereocenters. The lowest BCUT2D eigenvalue weighted by atomic mass is 9.49. The number of hydrogen-bond acceptors (Lipinski definition) is 12. The average molecular weight is 1080 g/mol. The van der Waals surface area contributed by atoms with Crippen LogP contribution in [0.1, 0.15) is 124 Å². The number of hydrogen-bond donors (Lipinski definition) is 2. The minimum absolute atomic E-state index is 0.0641. The van der Waals surface area contributed by atoms with Crippen molar-refractivity contribution in [3.63, 3.8) is 0 Å². The van der Waals surface area contributed by atoms with Crippen LogP contribution in [0.4, 0.5) is 5.82 Å². The zero-order valence-corrected chi connectivity index (χ0v) is 47.0. The van der Waals surface area contributed by atoms with E-state index in [0.29, 0.717) is 52.8 Å². The number of aromatic nitrogens is 1. The molecule has 3 aliphatic carbocycles. The van der Waals surface area contributed by atoms with Gasteiger partial charge in [-0.05, 0) is 103 Å². The number of ketones is 1. The third-order valence-electron chi connectivity index (χ3n) is 16.8. The summed E-state index contributed by atoms with van der Waals surface area (Å²) in [5, 5.41) is 16.0. The van der Waals surface area contributed by atoms with Crippen LogP contribution in [0.2, 0.25) is 5.02 Å². The maximum absolute atomic E-state index is 14.8. The van der Waals surface area contributed by atoms with Crippen molar-refractivity contribution in [3.8, 4) is 17.6 Å². The van der Waals surface area contributed by atoms with Gasteiger partial charge in [0.1, 0.15) is 48.2 Å². The molecule has 15 nitrogen and oxygen atoms in total. The number of benzene rings is 3. The molecule has 5 aliphatic rings. The smallest absolute Gasteiger partial charge is 0.302 e. The monoisotopic (exact) mass is 1080 g/mol. The van der Waals surface area contributed by atoms with Crippen molar-refractivity contribution in [2.75, 3.05) is 50.8 Å². The highest BCUT2D eigenvalue weighted by Crippen LogP contribution is 2.56. The van der Waals surface area contributed by atoms with Crippen LogP contribution < -0.4 is 25.0 Å². The second kappa shape index (κ2) is 22.8. The predicted octanol–water partition coefficient (Wildman–Crippen LogP) is 9.19. The molecule has 1 aromatic heterocycles. The molecule has 0 radical (unpaired) electrons. The van der Waals surface area contributed by atoms with Crippen LogP contribution in [0.15, 0.2) is 96.7 Å². The number of nitrogens with zero attached hydrogens (tertiary/aromatic N) is 5. The van der Waals surface area contributed by atoms with E-state index in [-0.39, 0.29) is 60.6 Å². The second-order valence-corrected chi connectivity index (χ2v) is 23.6. The summed E-state index contributed by atoms with van der Waals surface area (Å²) < 4.78 is 18.3. The van der Waals surface area contributed by atoms with E-state index in [0.717, 1.165) is 55.1 Å². The summed E-state index contributed by atoms with van der Waals surface area (Å²) in [5.41, 5.74) is 6.07. The summed E-state index contributed by atoms with van der Waals surface area (Å²) in [6, 6.07) is 23.1. The van der Waals surface area contributed by atoms with Gasteiger partial charge >= 0.3 is 5.97 Å². The number of likely N-dealkylation sites (tertiary alicyclic amines) is 1. The lowest BCUT2D eigenvalue weighted by molar-refractivity contribution is -0.164. The van der Waals surface area contributed by atoms with Gasteiger partial charge in [-0.3, -0.25) is 28.9 Å². The third kappa shape index (κ3) is 11.4. The highest BCUT2D eigenvalue weighted by molar-refractivity contribution is 6.31. The number of nitriles is 1. The number of fused-ring (bicyclic) bond motifs is 1. The van der Waals surface area contributed by atoms with Crippen LogP contribution in [-0.2, 0) is 25.5 Å². The van der Waals surface area contributed by atoms with Crippen molar-refractivity contribution in [3.05, 3.63) is 135 Å². The quantitative estimate of drug-likeness (QED) is 0.0958. The van der Waals surface area contributed by atoms with Gasteiger partial charge in [0.05, 0.1) is 34.7 Å². The molecule has 2 N–H and O–H groups in total. The first kappa shape index (κ1) is 55.7. The van der Waals surface area contributed by atoms with Crippen LogP contribution in [0, 0.1) is 39.9 Å². The highest BCUT2D eigenvalue weighted by Gasteiger charge is 2.64. The van der Waals surface area contributed by atoms with E-state index in [4.69, 9.17) is 30.8 Å². The van der Waals surface area contributed by atoms with Crippen LogP contribution in [0.25, 0.3) is 5.57 Å². The van der Waals surface area contributed by atoms with E-state index in [1.54, 1.807) is 30.5 Å². The van der Waals surface area contributed by atoms with Crippen molar-refractivity contribution < 1.29 is 38.2 Å². The molecule has 0 bridgehead atoms. The van der Waals surface area contributed by atoms with Gasteiger partial charge in [0.2, 0.25) is 11.8 Å². The van der Waals surface area contributed by atoms with Crippen molar-refractivity contribution in [2.45, 2.75) is 112 Å². The van der Waals surface area contributed by atoms with Gasteiger partial charge in [-0.2, -0.15) is 5.26 Å². The number of anilines is 1. The Morgan fingerprint density at radius 1 is 0.923 bits per heavy atom. The fourth-order valence-corrected chi connectivity index (χ4v) is 13.2. The number of pyridine rings is 1. The summed E-state index contributed by atoms with van der Waals surface area (Å²) >= 11 is 6.27. The Labute approximate surface area is 463 Å². The summed E-state index contributed by atoms with van der Waals surface area (Å²) in [5.74, 6) is -0.943. The molecule has 3 fully saturated rings. The topological polar surface area (TPSA) is 184 Å². The van der Waals surface area contributed by atoms with Gasteiger partial charge in [0, 0.05) is 86.7 Å². The number of allylic oxidation sites excluding steroid dienone is 4. The predicted molar refractivity (Wildman–Crippen MR) is 299 cm³/mol. The van der Waals surface area contributed by atoms with E-state index >= 15 is 0 Å². The molecular formula is C62H72ClN7O8. The zero-order chi connectivity index (χ0) is 55.8. The zero-order valence-electron chi connectivity index (χ0n) is 46.2. The molecular weight excluding hydrogens is 1010 g/mol. The van der Waals surface area contributed by atoms with Crippen molar-refractivity contribution >= 4 is 52.5 Å². The molecule has 2 aliphatic heterocycles. The van der Waals surface area contributed by atoms with Crippen LogP contribution in [0.5, 0.6) is 11.5 Å². The Kier molecular flexibility index (Phi) is 16.3. The highest BCUT2D eigenvalue weighted by atomic mass is 35.5. The van der Waals surface area contributed by atoms with E-state index in [1.165, 1.54) is 23.0 Å². The summed E-state index contributed by atoms with van der Waals surface area (Å²) in [6.07, 6.45) is 6.46. The Hall–Kier alpha value is -7.02. The largest absolute Gasteiger partial charge is 0.492 e. The molecule has 4 aromatic rings. The number of carbonyl (C=O) groups excluding carboxylic acids is 5. The number of amides is 3. The number of carbonyl (C=O) groups is 5. The van der Waals surface area contributed by atoms with Crippen LogP contribution in [0.3, 0.4) is 0 Å². The van der Waals surface area contributed by atoms with Gasteiger partial charge in [0.15, 0.2) is 5.78 Å². The molecule has 5 atom stereocenters. The number of halogens is 1. The Bertz CT molecular complexity index is 3050. The Morgan fingerprint density at radius 3 is 2.27 bits per heavy atom. The van der Waals surface area contributed by atoms with E-state index < -0.39 is 40.8 Å². The normalized spacial score (nSPS) is 23.1. The first-order chi connectivity index (χ1) is 37.1. The van der Waals surface area contributed by atoms with Gasteiger partial charge in [-0.15, -0.1) is 0 Å². The first-order valence-corrected chi connectivity index (χ1v) is 27.7. The molecule has 9 rings (SSSR count). The van der Waals surface area contributed by atoms with Crippen LogP contribution >= 0.6 is 11.6 Å². The maximum atomic E-state index is 14.8. The number of esters is 1. The number of piperazine rings is 1. The van der Waals surface area contributed by atoms with Gasteiger partial charge in [-0.25, -0.2) is 4.98 Å². The lowest BCUT2D eigenvalue weighted by Crippen LogP contribution is -2.74. The van der Waals surface area contributed by atoms with Crippen molar-refractivity contribution in [1.29, 1.82) is 5.26 Å². The molecule has 410 valence electrons. The van der Waals surface area contributed by atoms with Gasteiger partial charge < -0.3 is 34.6 Å². The minimum atomic E-state index is -0.882. The molecule has 3 aromatic carbocycles. The molecule has 16 heteroatoms. The van der Waals surface area contributed by atoms with E-state index in [9.17, 15) is 29.2 Å². The lowest BCUT2D eigenvalue weighted by Gasteiger charge is -2.63. The average Bonchev–Trinajstić information content (AvgIpc) is 4.14. The molecule has 78 heavy (non-hydrogen) atoms. The van der Waals surface area contributed by atoms with E-state index in [1.807, 2.05) is 57.2 Å². The molecule has 2 saturated heterocycles. The standard InChI is InChI=1S/C62H72ClN7O8/c1-36(2)54(58(75)70-35-47(77-39(5)71)32-52(70)57(74)66-38(4)40-13-15-41(16-14-40)48-12-10-11-37(48)3)50-30-44-29-45(20-21-49(44)55(50)72)76-28-27-68-23-25-69(26-24-68)53-22-18-43(34-65-53)56(73)67-59-61(6,7)60(62(59,8)9)78-46-19-17-42(33-64)51(63)31-46/h10-11,13-22,29,31,34,36,38,47,50,52,54,59-60H,12,23-28,30,32,35H2,1-9H3,(H,66,74)(H,67,73)/t38-,47+,50?,52-,54+,59?,60?/m0/s1. The molecule has 3 heterocycles. The van der Waals surface area contributed by atoms with Crippen LogP contribution in [-0.4, -0.2) is 114 Å². The summed E-state index contributed by atoms with van der Waals surface area (Å²) in [6.45, 7) is 21.8. The maximum Gasteiger partial charge on any atom is 0.302 e. The molecule has 0 spiro atoms. The third-order valence-corrected chi connectivity index (χ3v) is 17.1. The van der Waals surface area contributed by atoms with Crippen molar-refractivity contribution in [2.24, 2.45) is 28.6 Å². The first-order valence-electron chi connectivity index (χ1n) is 27.3. The fourth-order valence-electron chi connectivity index (χ4n) is 12.9. The summed E-state index contributed by atoms with van der Waals surface area (Å²) in [7, 11) is 0.